The average Bonchev–Trinajstić information content (AvgIpc) is 2.87. The fourth-order valence-electron chi connectivity index (χ4n) is 4.81. The first-order valence-electron chi connectivity index (χ1n) is 16.1. The summed E-state index contributed by atoms with van der Waals surface area (Å²) in [6, 6.07) is 0. The Morgan fingerprint density at radius 1 is 0.622 bits per heavy atom. The van der Waals surface area contributed by atoms with E-state index in [1.54, 1.807) is 11.8 Å². The van der Waals surface area contributed by atoms with Gasteiger partial charge in [0.05, 0.1) is 19.4 Å². The largest absolute Gasteiger partial charge is 0.481 e. The number of ether oxygens (including phenoxy) is 1. The lowest BCUT2D eigenvalue weighted by atomic mass is 10.0. The molecule has 0 bridgehead atoms. The number of carbonyl (C=O) groups is 2. The first-order valence-corrected chi connectivity index (χ1v) is 17.1. The van der Waals surface area contributed by atoms with Gasteiger partial charge in [-0.05, 0) is 12.8 Å². The normalized spacial score (nSPS) is 12.1. The molecule has 0 rings (SSSR count). The summed E-state index contributed by atoms with van der Waals surface area (Å²) in [6.45, 7) is 5.04. The lowest BCUT2D eigenvalue weighted by molar-refractivity contribution is -0.143. The van der Waals surface area contributed by atoms with Crippen molar-refractivity contribution in [2.75, 3.05) is 12.4 Å². The SMILES string of the molecule is CCCCCCCCCCCCCCC(CC(=O)O)SCCC(=O)OCCCCCCCCCCCC. The van der Waals surface area contributed by atoms with Crippen LogP contribution in [0.15, 0.2) is 0 Å². The Morgan fingerprint density at radius 3 is 1.46 bits per heavy atom. The van der Waals surface area contributed by atoms with Gasteiger partial charge in [-0.3, -0.25) is 9.59 Å². The number of carboxylic acid groups (broad SMARTS) is 1. The van der Waals surface area contributed by atoms with Gasteiger partial charge in [-0.1, -0.05) is 149 Å². The molecule has 0 aromatic carbocycles. The molecule has 1 N–H and O–H groups in total. The van der Waals surface area contributed by atoms with Crippen molar-refractivity contribution in [3.05, 3.63) is 0 Å². The van der Waals surface area contributed by atoms with E-state index in [1.807, 2.05) is 0 Å². The van der Waals surface area contributed by atoms with Gasteiger partial charge in [0, 0.05) is 11.0 Å². The molecule has 0 fully saturated rings. The van der Waals surface area contributed by atoms with Crippen molar-refractivity contribution in [3.8, 4) is 0 Å². The minimum atomic E-state index is -0.736. The maximum Gasteiger partial charge on any atom is 0.306 e. The standard InChI is InChI=1S/C32H62O4S/c1-3-5-7-9-11-13-15-16-17-19-21-23-25-30(29-31(33)34)37-28-26-32(35)36-27-24-22-20-18-14-12-10-8-6-4-2/h30H,3-29H2,1-2H3,(H,33,34). The first-order chi connectivity index (χ1) is 18.1. The van der Waals surface area contributed by atoms with E-state index >= 15 is 0 Å². The number of unbranched alkanes of at least 4 members (excludes halogenated alkanes) is 20. The van der Waals surface area contributed by atoms with Crippen molar-refractivity contribution >= 4 is 23.7 Å². The van der Waals surface area contributed by atoms with E-state index in [1.165, 1.54) is 122 Å². The maximum absolute atomic E-state index is 12.0. The highest BCUT2D eigenvalue weighted by molar-refractivity contribution is 7.99. The van der Waals surface area contributed by atoms with Crippen molar-refractivity contribution in [3.63, 3.8) is 0 Å². The second-order valence-electron chi connectivity index (χ2n) is 10.9. The number of carboxylic acids is 1. The molecule has 0 heterocycles. The van der Waals surface area contributed by atoms with E-state index in [-0.39, 0.29) is 17.6 Å². The monoisotopic (exact) mass is 542 g/mol. The predicted octanol–water partition coefficient (Wildman–Crippen LogP) is 10.5. The summed E-state index contributed by atoms with van der Waals surface area (Å²) >= 11 is 1.64. The zero-order chi connectivity index (χ0) is 27.2. The summed E-state index contributed by atoms with van der Waals surface area (Å²) in [6.07, 6.45) is 30.0. The average molecular weight is 543 g/mol. The van der Waals surface area contributed by atoms with Gasteiger partial charge >= 0.3 is 11.9 Å². The molecule has 220 valence electrons. The van der Waals surface area contributed by atoms with Crippen LogP contribution in [0.1, 0.15) is 174 Å². The van der Waals surface area contributed by atoms with Crippen LogP contribution in [-0.2, 0) is 14.3 Å². The van der Waals surface area contributed by atoms with Crippen LogP contribution in [0.4, 0.5) is 0 Å². The first kappa shape index (κ1) is 36.3. The maximum atomic E-state index is 12.0. The van der Waals surface area contributed by atoms with Gasteiger partial charge in [0.1, 0.15) is 0 Å². The van der Waals surface area contributed by atoms with Crippen LogP contribution in [0.25, 0.3) is 0 Å². The molecule has 0 saturated carbocycles. The van der Waals surface area contributed by atoms with E-state index in [2.05, 4.69) is 13.8 Å². The Labute approximate surface area is 234 Å². The number of aliphatic carboxylic acids is 1. The molecular weight excluding hydrogens is 480 g/mol. The van der Waals surface area contributed by atoms with Crippen molar-refractivity contribution in [2.45, 2.75) is 180 Å². The summed E-state index contributed by atoms with van der Waals surface area (Å²) < 4.78 is 5.39. The minimum absolute atomic E-state index is 0.107. The molecule has 0 aliphatic rings. The number of hydrogen-bond acceptors (Lipinski definition) is 4. The summed E-state index contributed by atoms with van der Waals surface area (Å²) in [7, 11) is 0. The van der Waals surface area contributed by atoms with Crippen LogP contribution in [-0.4, -0.2) is 34.7 Å². The number of esters is 1. The predicted molar refractivity (Wildman–Crippen MR) is 162 cm³/mol. The lowest BCUT2D eigenvalue weighted by Crippen LogP contribution is -2.13. The van der Waals surface area contributed by atoms with Crippen LogP contribution in [0.5, 0.6) is 0 Å². The molecule has 0 aliphatic heterocycles. The van der Waals surface area contributed by atoms with Gasteiger partial charge in [0.25, 0.3) is 0 Å². The molecule has 1 unspecified atom stereocenters. The molecule has 4 nitrogen and oxygen atoms in total. The van der Waals surface area contributed by atoms with Crippen LogP contribution >= 0.6 is 11.8 Å². The summed E-state index contributed by atoms with van der Waals surface area (Å²) in [5.74, 6) is -0.213. The number of carbonyl (C=O) groups excluding carboxylic acids is 1. The second-order valence-corrected chi connectivity index (χ2v) is 12.3. The van der Waals surface area contributed by atoms with Gasteiger partial charge < -0.3 is 9.84 Å². The van der Waals surface area contributed by atoms with Crippen LogP contribution in [0, 0.1) is 0 Å². The van der Waals surface area contributed by atoms with E-state index in [9.17, 15) is 14.7 Å². The van der Waals surface area contributed by atoms with Crippen molar-refractivity contribution in [1.82, 2.24) is 0 Å². The summed E-state index contributed by atoms with van der Waals surface area (Å²) in [5.41, 5.74) is 0. The van der Waals surface area contributed by atoms with Gasteiger partial charge in [-0.2, -0.15) is 11.8 Å². The molecule has 0 aliphatic carbocycles. The molecule has 0 saturated heterocycles. The third-order valence-corrected chi connectivity index (χ3v) is 8.52. The number of hydrogen-bond donors (Lipinski definition) is 1. The lowest BCUT2D eigenvalue weighted by Gasteiger charge is -2.14. The van der Waals surface area contributed by atoms with Crippen molar-refractivity contribution in [1.29, 1.82) is 0 Å². The Balaban J connectivity index is 3.64. The smallest absolute Gasteiger partial charge is 0.306 e. The van der Waals surface area contributed by atoms with E-state index in [0.29, 0.717) is 18.8 Å². The molecule has 0 aromatic heterocycles. The molecule has 0 radical (unpaired) electrons. The molecule has 0 aromatic rings. The highest BCUT2D eigenvalue weighted by Gasteiger charge is 2.14. The third kappa shape index (κ3) is 29.7. The Kier molecular flexibility index (Phi) is 29.3. The van der Waals surface area contributed by atoms with Gasteiger partial charge in [-0.25, -0.2) is 0 Å². The minimum Gasteiger partial charge on any atom is -0.481 e. The molecule has 0 amide bonds. The molecule has 1 atom stereocenters. The highest BCUT2D eigenvalue weighted by atomic mass is 32.2. The van der Waals surface area contributed by atoms with Crippen molar-refractivity contribution < 1.29 is 19.4 Å². The Hall–Kier alpha value is -0.710. The topological polar surface area (TPSA) is 63.6 Å². The molecule has 37 heavy (non-hydrogen) atoms. The van der Waals surface area contributed by atoms with Crippen LogP contribution in [0.3, 0.4) is 0 Å². The fourth-order valence-corrected chi connectivity index (χ4v) is 6.02. The summed E-state index contributed by atoms with van der Waals surface area (Å²) in [4.78, 5) is 23.3. The van der Waals surface area contributed by atoms with E-state index in [0.717, 1.165) is 25.7 Å². The van der Waals surface area contributed by atoms with E-state index < -0.39 is 5.97 Å². The fraction of sp³-hybridized carbons (Fsp3) is 0.938. The second kappa shape index (κ2) is 29.8. The summed E-state index contributed by atoms with van der Waals surface area (Å²) in [5, 5.41) is 9.35. The third-order valence-electron chi connectivity index (χ3n) is 7.20. The zero-order valence-electron chi connectivity index (χ0n) is 24.7. The number of thioether (sulfide) groups is 1. The Morgan fingerprint density at radius 2 is 1.03 bits per heavy atom. The Bertz CT molecular complexity index is 497. The highest BCUT2D eigenvalue weighted by Crippen LogP contribution is 2.23. The van der Waals surface area contributed by atoms with Gasteiger partial charge in [0.15, 0.2) is 0 Å². The van der Waals surface area contributed by atoms with Gasteiger partial charge in [0.2, 0.25) is 0 Å². The van der Waals surface area contributed by atoms with Crippen LogP contribution < -0.4 is 0 Å². The van der Waals surface area contributed by atoms with Crippen molar-refractivity contribution in [2.24, 2.45) is 0 Å². The van der Waals surface area contributed by atoms with Gasteiger partial charge in [-0.15, -0.1) is 0 Å². The molecule has 5 heteroatoms. The quantitative estimate of drug-likeness (QED) is 0.0722. The molecule has 0 spiro atoms. The van der Waals surface area contributed by atoms with Crippen LogP contribution in [0.2, 0.25) is 0 Å². The number of rotatable bonds is 30. The molecular formula is C32H62O4S. The zero-order valence-corrected chi connectivity index (χ0v) is 25.6. The van der Waals surface area contributed by atoms with E-state index in [4.69, 9.17) is 4.74 Å².